The van der Waals surface area contributed by atoms with Crippen LogP contribution in [0.5, 0.6) is 5.75 Å². The molecular formula is C27H31FN5O5S2-. The van der Waals surface area contributed by atoms with Crippen LogP contribution in [0.15, 0.2) is 47.0 Å². The molecule has 10 nitrogen and oxygen atoms in total. The van der Waals surface area contributed by atoms with E-state index in [1.807, 2.05) is 6.07 Å². The molecule has 1 aliphatic rings. The van der Waals surface area contributed by atoms with Gasteiger partial charge in [-0.1, -0.05) is 12.1 Å². The molecule has 1 fully saturated rings. The number of halogens is 1. The van der Waals surface area contributed by atoms with Crippen molar-refractivity contribution in [3.8, 4) is 5.75 Å². The van der Waals surface area contributed by atoms with Gasteiger partial charge in [0.25, 0.3) is 0 Å². The first-order chi connectivity index (χ1) is 18.9. The van der Waals surface area contributed by atoms with Gasteiger partial charge in [-0.25, -0.2) is 9.37 Å². The van der Waals surface area contributed by atoms with E-state index >= 15 is 0 Å². The lowest BCUT2D eigenvalue weighted by atomic mass is 9.99. The second kappa shape index (κ2) is 12.0. The molecule has 3 aromatic rings. The first-order valence-electron chi connectivity index (χ1n) is 12.7. The van der Waals surface area contributed by atoms with Gasteiger partial charge in [-0.3, -0.25) is 9.78 Å². The van der Waals surface area contributed by atoms with Crippen LogP contribution < -0.4 is 9.84 Å². The van der Waals surface area contributed by atoms with Crippen LogP contribution in [0.3, 0.4) is 0 Å². The summed E-state index contributed by atoms with van der Waals surface area (Å²) in [5.74, 6) is -0.787. The number of amides is 1. The van der Waals surface area contributed by atoms with Gasteiger partial charge < -0.3 is 14.7 Å². The Morgan fingerprint density at radius 2 is 2.00 bits per heavy atom. The second-order valence-electron chi connectivity index (χ2n) is 9.79. The van der Waals surface area contributed by atoms with Crippen LogP contribution in [0.2, 0.25) is 0 Å². The number of hydrogen-bond donors (Lipinski definition) is 0. The van der Waals surface area contributed by atoms with E-state index in [2.05, 4.69) is 14.4 Å². The lowest BCUT2D eigenvalue weighted by molar-refractivity contribution is -0.212. The molecule has 4 rings (SSSR count). The Labute approximate surface area is 237 Å². The predicted octanol–water partition coefficient (Wildman–Crippen LogP) is 2.60. The smallest absolute Gasteiger partial charge is 0.321 e. The number of pyridine rings is 1. The zero-order valence-corrected chi connectivity index (χ0v) is 24.4. The molecule has 0 bridgehead atoms. The highest BCUT2D eigenvalue weighted by Gasteiger charge is 2.54. The summed E-state index contributed by atoms with van der Waals surface area (Å²) in [5, 5.41) is 13.1. The van der Waals surface area contributed by atoms with Gasteiger partial charge in [0, 0.05) is 31.4 Å². The van der Waals surface area contributed by atoms with Crippen LogP contribution in [0, 0.1) is 12.7 Å². The van der Waals surface area contributed by atoms with E-state index in [4.69, 9.17) is 4.74 Å². The Morgan fingerprint density at radius 3 is 2.60 bits per heavy atom. The molecule has 0 N–H and O–H groups in total. The fourth-order valence-electron chi connectivity index (χ4n) is 4.32. The fourth-order valence-corrected chi connectivity index (χ4v) is 5.72. The average molecular weight is 589 g/mol. The number of hydrogen-bond acceptors (Lipinski definition) is 8. The largest absolute Gasteiger partial charge is 0.856 e. The van der Waals surface area contributed by atoms with Crippen molar-refractivity contribution < 1.29 is 27.4 Å². The van der Waals surface area contributed by atoms with Gasteiger partial charge in [0.1, 0.15) is 16.6 Å². The summed E-state index contributed by atoms with van der Waals surface area (Å²) in [6.07, 6.45) is 4.02. The van der Waals surface area contributed by atoms with Crippen molar-refractivity contribution >= 4 is 33.4 Å². The summed E-state index contributed by atoms with van der Waals surface area (Å²) < 4.78 is 47.2. The van der Waals surface area contributed by atoms with E-state index in [1.54, 1.807) is 43.3 Å². The highest BCUT2D eigenvalue weighted by molar-refractivity contribution is 7.87. The number of methoxy groups -OCH3 is 1. The number of carbonyl (C=O) groups is 1. The van der Waals surface area contributed by atoms with Gasteiger partial charge in [-0.15, -0.1) is 11.3 Å². The monoisotopic (exact) mass is 588 g/mol. The summed E-state index contributed by atoms with van der Waals surface area (Å²) in [5.41, 5.74) is 0.667. The molecule has 1 aromatic carbocycles. The quantitative estimate of drug-likeness (QED) is 0.235. The SMILES string of the molecule is COc1ccc(C2(C(=O)N(CCCc3cccc(F)c3)Cc3nc(/C([O-])=N/S(=O)(=O)N(C)C)c(C)s3)CC2)nc1. The molecule has 1 aliphatic carbocycles. The standard InChI is InChI=1S/C27H32FN5O5S2/c1-18-24(25(34)31-40(36,37)32(2)3)30-23(39-18)17-33(14-6-8-19-7-5-9-20(28)15-19)26(35)27(12-13-27)22-11-10-21(38-4)16-29-22/h5,7,9-11,15-16H,6,8,12-14,17H2,1-4H3,(H,31,34)/p-1. The van der Waals surface area contributed by atoms with Crippen molar-refractivity contribution in [2.24, 2.45) is 4.40 Å². The van der Waals surface area contributed by atoms with E-state index in [-0.39, 0.29) is 24.0 Å². The lowest BCUT2D eigenvalue weighted by Crippen LogP contribution is -2.40. The molecule has 0 atom stereocenters. The van der Waals surface area contributed by atoms with E-state index in [9.17, 15) is 22.7 Å². The van der Waals surface area contributed by atoms with Crippen LogP contribution in [0.4, 0.5) is 4.39 Å². The third kappa shape index (κ3) is 6.65. The molecule has 0 radical (unpaired) electrons. The summed E-state index contributed by atoms with van der Waals surface area (Å²) >= 11 is 1.21. The highest BCUT2D eigenvalue weighted by Crippen LogP contribution is 2.49. The topological polar surface area (TPSA) is 128 Å². The fraction of sp³-hybridized carbons (Fsp3) is 0.407. The van der Waals surface area contributed by atoms with Crippen LogP contribution in [-0.4, -0.2) is 67.1 Å². The molecule has 13 heteroatoms. The minimum absolute atomic E-state index is 0.0597. The minimum atomic E-state index is -4.11. The Hall–Kier alpha value is -3.42. The van der Waals surface area contributed by atoms with Crippen molar-refractivity contribution in [3.63, 3.8) is 0 Å². The molecule has 0 saturated heterocycles. The van der Waals surface area contributed by atoms with E-state index < -0.39 is 21.5 Å². The molecular weight excluding hydrogens is 557 g/mol. The third-order valence-electron chi connectivity index (χ3n) is 6.72. The van der Waals surface area contributed by atoms with E-state index in [0.717, 1.165) is 9.87 Å². The van der Waals surface area contributed by atoms with Crippen molar-refractivity contribution in [1.29, 1.82) is 0 Å². The van der Waals surface area contributed by atoms with Gasteiger partial charge >= 0.3 is 10.2 Å². The molecule has 2 heterocycles. The second-order valence-corrected chi connectivity index (χ2v) is 12.9. The molecule has 2 aromatic heterocycles. The van der Waals surface area contributed by atoms with Crippen molar-refractivity contribution in [2.45, 2.75) is 44.6 Å². The first kappa shape index (κ1) is 29.6. The van der Waals surface area contributed by atoms with Crippen LogP contribution >= 0.6 is 11.3 Å². The first-order valence-corrected chi connectivity index (χ1v) is 14.9. The molecule has 1 amide bonds. The summed E-state index contributed by atoms with van der Waals surface area (Å²) in [7, 11) is 0.00117. The normalized spacial score (nSPS) is 14.8. The van der Waals surface area contributed by atoms with Crippen molar-refractivity contribution in [3.05, 3.63) is 75.2 Å². The van der Waals surface area contributed by atoms with Crippen LogP contribution in [-0.2, 0) is 33.4 Å². The molecule has 214 valence electrons. The number of carbonyl (C=O) groups excluding carboxylic acids is 1. The van der Waals surface area contributed by atoms with Gasteiger partial charge in [0.15, 0.2) is 0 Å². The number of aryl methyl sites for hydroxylation is 2. The van der Waals surface area contributed by atoms with Crippen molar-refractivity contribution in [2.75, 3.05) is 27.7 Å². The summed E-state index contributed by atoms with van der Waals surface area (Å²) in [6, 6.07) is 9.93. The number of rotatable bonds is 12. The number of benzene rings is 1. The molecule has 0 aliphatic heterocycles. The van der Waals surface area contributed by atoms with Gasteiger partial charge in [0.05, 0.1) is 36.7 Å². The summed E-state index contributed by atoms with van der Waals surface area (Å²) in [6.45, 7) is 2.15. The van der Waals surface area contributed by atoms with Gasteiger partial charge in [-0.05, 0) is 62.4 Å². The number of aromatic nitrogens is 2. The highest BCUT2D eigenvalue weighted by atomic mass is 32.2. The zero-order valence-electron chi connectivity index (χ0n) is 22.8. The van der Waals surface area contributed by atoms with E-state index in [0.29, 0.717) is 53.6 Å². The maximum atomic E-state index is 14.0. The van der Waals surface area contributed by atoms with Crippen molar-refractivity contribution in [1.82, 2.24) is 19.2 Å². The molecule has 40 heavy (non-hydrogen) atoms. The molecule has 1 saturated carbocycles. The van der Waals surface area contributed by atoms with Crippen LogP contribution in [0.1, 0.15) is 46.1 Å². The Kier molecular flexibility index (Phi) is 8.86. The average Bonchev–Trinajstić information content (AvgIpc) is 3.64. The predicted molar refractivity (Wildman–Crippen MR) is 148 cm³/mol. The Balaban J connectivity index is 1.58. The Morgan fingerprint density at radius 1 is 1.25 bits per heavy atom. The number of ether oxygens (including phenoxy) is 1. The maximum Gasteiger partial charge on any atom is 0.321 e. The minimum Gasteiger partial charge on any atom is -0.856 e. The Bertz CT molecular complexity index is 1500. The third-order valence-corrected chi connectivity index (χ3v) is 9.00. The summed E-state index contributed by atoms with van der Waals surface area (Å²) in [4.78, 5) is 25.0. The van der Waals surface area contributed by atoms with Gasteiger partial charge in [0.2, 0.25) is 5.91 Å². The maximum absolute atomic E-state index is 14.0. The molecule has 0 unspecified atom stereocenters. The number of thiazole rings is 1. The van der Waals surface area contributed by atoms with E-state index in [1.165, 1.54) is 37.6 Å². The molecule has 0 spiro atoms. The lowest BCUT2D eigenvalue weighted by Gasteiger charge is -2.27. The van der Waals surface area contributed by atoms with Crippen LogP contribution in [0.25, 0.3) is 0 Å². The zero-order chi connectivity index (χ0) is 29.1. The van der Waals surface area contributed by atoms with Gasteiger partial charge in [-0.2, -0.15) is 17.1 Å². The number of nitrogens with zero attached hydrogens (tertiary/aromatic N) is 5.